The van der Waals surface area contributed by atoms with Gasteiger partial charge in [0.05, 0.1) is 20.8 Å². The van der Waals surface area contributed by atoms with Crippen LogP contribution in [0.25, 0.3) is 10.8 Å². The van der Waals surface area contributed by atoms with Crippen molar-refractivity contribution < 1.29 is 23.7 Å². The number of carbonyl (C=O) groups excluding carboxylic acids is 1. The van der Waals surface area contributed by atoms with E-state index in [1.807, 2.05) is 56.3 Å². The number of rotatable bonds is 10. The first-order valence-electron chi connectivity index (χ1n) is 11.4. The Bertz CT molecular complexity index is 1210. The van der Waals surface area contributed by atoms with Crippen molar-refractivity contribution in [2.24, 2.45) is 5.10 Å². The molecule has 1 fully saturated rings. The molecule has 1 N–H and O–H groups in total. The Balaban J connectivity index is 1.47. The van der Waals surface area contributed by atoms with E-state index in [1.165, 1.54) is 0 Å². The van der Waals surface area contributed by atoms with Gasteiger partial charge in [-0.3, -0.25) is 10.4 Å². The van der Waals surface area contributed by atoms with Crippen LogP contribution in [0.15, 0.2) is 60.0 Å². The molecule has 3 aromatic rings. The van der Waals surface area contributed by atoms with Gasteiger partial charge in [0.1, 0.15) is 5.75 Å². The predicted octanol–water partition coefficient (Wildman–Crippen LogP) is 4.01. The Morgan fingerprint density at radius 2 is 2.00 bits per heavy atom. The summed E-state index contributed by atoms with van der Waals surface area (Å²) in [6.45, 7) is 4.62. The molecule has 4 rings (SSSR count). The molecule has 35 heavy (non-hydrogen) atoms. The second-order valence-electron chi connectivity index (χ2n) is 8.39. The van der Waals surface area contributed by atoms with Crippen LogP contribution in [0.2, 0.25) is 0 Å². The number of methoxy groups -OCH3 is 2. The molecule has 2 heterocycles. The summed E-state index contributed by atoms with van der Waals surface area (Å²) in [4.78, 5) is 18.5. The number of carbonyl (C=O) groups is 1. The molecule has 0 bridgehead atoms. The van der Waals surface area contributed by atoms with Crippen LogP contribution in [-0.4, -0.2) is 61.3 Å². The first-order chi connectivity index (χ1) is 17.0. The molecule has 2 atom stereocenters. The summed E-state index contributed by atoms with van der Waals surface area (Å²) in [6, 6.07) is 13.4. The summed E-state index contributed by atoms with van der Waals surface area (Å²) < 4.78 is 22.7. The highest BCUT2D eigenvalue weighted by Crippen LogP contribution is 2.29. The Hall–Kier alpha value is -4.01. The zero-order valence-corrected chi connectivity index (χ0v) is 20.4. The molecule has 1 aromatic heterocycles. The second kappa shape index (κ2) is 10.9. The molecule has 9 nitrogen and oxygen atoms in total. The maximum absolute atomic E-state index is 12.7. The van der Waals surface area contributed by atoms with Gasteiger partial charge in [0.2, 0.25) is 6.23 Å². The quantitative estimate of drug-likeness (QED) is 0.267. The van der Waals surface area contributed by atoms with E-state index >= 15 is 0 Å². The molecule has 1 amide bonds. The van der Waals surface area contributed by atoms with E-state index in [1.54, 1.807) is 31.5 Å². The lowest BCUT2D eigenvalue weighted by Crippen LogP contribution is -2.44. The lowest BCUT2D eigenvalue weighted by Gasteiger charge is -2.24. The van der Waals surface area contributed by atoms with Gasteiger partial charge >= 0.3 is 6.09 Å². The molecule has 0 spiro atoms. The molecule has 0 aliphatic carbocycles. The second-order valence-corrected chi connectivity index (χ2v) is 8.39. The number of aromatic nitrogens is 1. The summed E-state index contributed by atoms with van der Waals surface area (Å²) in [5, 5.41) is 6.19. The topological polar surface area (TPSA) is 94.5 Å². The number of nitrogens with one attached hydrogen (secondary N) is 1. The van der Waals surface area contributed by atoms with Crippen molar-refractivity contribution in [3.8, 4) is 17.2 Å². The van der Waals surface area contributed by atoms with E-state index in [2.05, 4.69) is 15.5 Å². The molecule has 2 unspecified atom stereocenters. The van der Waals surface area contributed by atoms with Gasteiger partial charge in [-0.15, -0.1) is 0 Å². The standard InChI is InChI=1S/C26H30N4O5/c1-17(2)28-29-25(34-21-7-5-6-19-15-27-12-10-20(19)21)24-16-30(26(31)35-24)13-11-18-8-9-22(32-3)23(14-18)33-4/h5-10,12,14-15,24-25,29H,11,13,16H2,1-4H3. The molecule has 9 heteroatoms. The Morgan fingerprint density at radius 3 is 2.77 bits per heavy atom. The van der Waals surface area contributed by atoms with Crippen LogP contribution in [0.4, 0.5) is 4.79 Å². The summed E-state index contributed by atoms with van der Waals surface area (Å²) in [7, 11) is 3.20. The van der Waals surface area contributed by atoms with Crippen LogP contribution < -0.4 is 19.6 Å². The van der Waals surface area contributed by atoms with Crippen molar-refractivity contribution in [2.45, 2.75) is 32.6 Å². The highest BCUT2D eigenvalue weighted by Gasteiger charge is 2.38. The summed E-state index contributed by atoms with van der Waals surface area (Å²) in [5.74, 6) is 1.98. The number of hydrogen-bond acceptors (Lipinski definition) is 8. The molecule has 2 aromatic carbocycles. The number of benzene rings is 2. The van der Waals surface area contributed by atoms with Crippen molar-refractivity contribution in [3.05, 3.63) is 60.4 Å². The predicted molar refractivity (Wildman–Crippen MR) is 133 cm³/mol. The van der Waals surface area contributed by atoms with E-state index < -0.39 is 12.3 Å². The van der Waals surface area contributed by atoms with Gasteiger partial charge in [-0.05, 0) is 50.1 Å². The third-order valence-corrected chi connectivity index (χ3v) is 5.68. The maximum Gasteiger partial charge on any atom is 0.410 e. The van der Waals surface area contributed by atoms with E-state index in [-0.39, 0.29) is 6.09 Å². The van der Waals surface area contributed by atoms with Gasteiger partial charge in [0.15, 0.2) is 17.6 Å². The molecule has 0 radical (unpaired) electrons. The first kappa shape index (κ1) is 24.1. The third-order valence-electron chi connectivity index (χ3n) is 5.68. The zero-order chi connectivity index (χ0) is 24.8. The number of ether oxygens (including phenoxy) is 4. The molecular weight excluding hydrogens is 448 g/mol. The van der Waals surface area contributed by atoms with Gasteiger partial charge in [0, 0.05) is 35.4 Å². The SMILES string of the molecule is COc1ccc(CCN2CC(C(NN=C(C)C)Oc3cccc4cnccc34)OC2=O)cc1OC. The number of hydrazone groups is 1. The Labute approximate surface area is 204 Å². The normalized spacial score (nSPS) is 15.9. The Kier molecular flexibility index (Phi) is 7.54. The fourth-order valence-electron chi connectivity index (χ4n) is 3.88. The van der Waals surface area contributed by atoms with Crippen molar-refractivity contribution in [1.29, 1.82) is 0 Å². The van der Waals surface area contributed by atoms with Crippen molar-refractivity contribution in [3.63, 3.8) is 0 Å². The number of cyclic esters (lactones) is 1. The minimum absolute atomic E-state index is 0.369. The largest absolute Gasteiger partial charge is 0.493 e. The average molecular weight is 479 g/mol. The van der Waals surface area contributed by atoms with Crippen molar-refractivity contribution in [2.75, 3.05) is 27.3 Å². The summed E-state index contributed by atoms with van der Waals surface area (Å²) >= 11 is 0. The zero-order valence-electron chi connectivity index (χ0n) is 20.4. The van der Waals surface area contributed by atoms with Gasteiger partial charge in [0.25, 0.3) is 0 Å². The van der Waals surface area contributed by atoms with Crippen LogP contribution in [0.1, 0.15) is 19.4 Å². The molecular formula is C26H30N4O5. The molecule has 184 valence electrons. The molecule has 0 saturated carbocycles. The van der Waals surface area contributed by atoms with Crippen molar-refractivity contribution in [1.82, 2.24) is 15.3 Å². The number of fused-ring (bicyclic) bond motifs is 1. The van der Waals surface area contributed by atoms with Gasteiger partial charge in [-0.2, -0.15) is 5.10 Å². The van der Waals surface area contributed by atoms with Crippen LogP contribution >= 0.6 is 0 Å². The Morgan fingerprint density at radius 1 is 1.17 bits per heavy atom. The monoisotopic (exact) mass is 478 g/mol. The van der Waals surface area contributed by atoms with Crippen LogP contribution in [-0.2, 0) is 11.2 Å². The smallest absolute Gasteiger partial charge is 0.410 e. The summed E-state index contributed by atoms with van der Waals surface area (Å²) in [6.07, 6.45) is 2.54. The number of pyridine rings is 1. The molecule has 1 saturated heterocycles. The van der Waals surface area contributed by atoms with Crippen LogP contribution in [0.5, 0.6) is 17.2 Å². The molecule has 1 aliphatic rings. The average Bonchev–Trinajstić information content (AvgIpc) is 3.25. The fourth-order valence-corrected chi connectivity index (χ4v) is 3.88. The highest BCUT2D eigenvalue weighted by molar-refractivity contribution is 5.87. The third kappa shape index (κ3) is 5.74. The van der Waals surface area contributed by atoms with Crippen LogP contribution in [0.3, 0.4) is 0 Å². The minimum Gasteiger partial charge on any atom is -0.493 e. The van der Waals surface area contributed by atoms with Gasteiger partial charge in [-0.25, -0.2) is 4.79 Å². The van der Waals surface area contributed by atoms with Crippen molar-refractivity contribution >= 4 is 22.6 Å². The van der Waals surface area contributed by atoms with Gasteiger partial charge < -0.3 is 23.8 Å². The number of amides is 1. The number of hydrogen-bond donors (Lipinski definition) is 1. The lowest BCUT2D eigenvalue weighted by atomic mass is 10.1. The number of nitrogens with zero attached hydrogens (tertiary/aromatic N) is 3. The lowest BCUT2D eigenvalue weighted by molar-refractivity contribution is 0.0302. The minimum atomic E-state index is -0.668. The maximum atomic E-state index is 12.7. The fraction of sp³-hybridized carbons (Fsp3) is 0.346. The molecule has 1 aliphatic heterocycles. The highest BCUT2D eigenvalue weighted by atomic mass is 16.6. The summed E-state index contributed by atoms with van der Waals surface area (Å²) in [5.41, 5.74) is 4.89. The van der Waals surface area contributed by atoms with E-state index in [4.69, 9.17) is 18.9 Å². The van der Waals surface area contributed by atoms with Crippen LogP contribution in [0, 0.1) is 0 Å². The van der Waals surface area contributed by atoms with E-state index in [0.29, 0.717) is 36.8 Å². The van der Waals surface area contributed by atoms with Gasteiger partial charge in [-0.1, -0.05) is 18.2 Å². The van der Waals surface area contributed by atoms with E-state index in [0.717, 1.165) is 22.0 Å². The van der Waals surface area contributed by atoms with E-state index in [9.17, 15) is 4.79 Å². The first-order valence-corrected chi connectivity index (χ1v) is 11.4.